The maximum atomic E-state index is 10.1. The van der Waals surface area contributed by atoms with E-state index in [1.807, 2.05) is 6.08 Å². The number of hydrogen-bond acceptors (Lipinski definition) is 1. The number of allylic oxidation sites excluding steroid dienone is 1. The minimum atomic E-state index is -0.200. The molecular weight excluding hydrogens is 220 g/mol. The van der Waals surface area contributed by atoms with E-state index in [9.17, 15) is 5.11 Å². The zero-order chi connectivity index (χ0) is 13.4. The van der Waals surface area contributed by atoms with Gasteiger partial charge in [0.15, 0.2) is 0 Å². The summed E-state index contributed by atoms with van der Waals surface area (Å²) < 4.78 is 0. The van der Waals surface area contributed by atoms with Crippen LogP contribution in [0.3, 0.4) is 0 Å². The van der Waals surface area contributed by atoms with Crippen LogP contribution in [0.4, 0.5) is 0 Å². The summed E-state index contributed by atoms with van der Waals surface area (Å²) in [6.07, 6.45) is 8.04. The first-order valence-electron chi connectivity index (χ1n) is 6.98. The van der Waals surface area contributed by atoms with Crippen molar-refractivity contribution in [2.24, 2.45) is 0 Å². The van der Waals surface area contributed by atoms with Crippen LogP contribution >= 0.6 is 0 Å². The van der Waals surface area contributed by atoms with Gasteiger partial charge < -0.3 is 5.11 Å². The molecule has 0 aromatic heterocycles. The molecule has 0 spiro atoms. The Morgan fingerprint density at radius 1 is 1.22 bits per heavy atom. The van der Waals surface area contributed by atoms with Crippen molar-refractivity contribution in [1.29, 1.82) is 0 Å². The van der Waals surface area contributed by atoms with Gasteiger partial charge in [0.2, 0.25) is 0 Å². The lowest BCUT2D eigenvalue weighted by Crippen LogP contribution is -2.11. The molecule has 100 valence electrons. The van der Waals surface area contributed by atoms with Crippen LogP contribution in [-0.2, 0) is 6.42 Å². The first-order valence-corrected chi connectivity index (χ1v) is 6.98. The van der Waals surface area contributed by atoms with Gasteiger partial charge in [-0.2, -0.15) is 0 Å². The maximum absolute atomic E-state index is 10.1. The minimum absolute atomic E-state index is 0.200. The molecule has 0 aliphatic carbocycles. The molecule has 0 fully saturated rings. The largest absolute Gasteiger partial charge is 0.393 e. The van der Waals surface area contributed by atoms with Crippen LogP contribution in [0.25, 0.3) is 0 Å². The summed E-state index contributed by atoms with van der Waals surface area (Å²) in [7, 11) is 0. The third-order valence-electron chi connectivity index (χ3n) is 3.41. The van der Waals surface area contributed by atoms with Crippen LogP contribution in [0.15, 0.2) is 30.9 Å². The van der Waals surface area contributed by atoms with E-state index in [1.54, 1.807) is 0 Å². The number of aliphatic hydroxyl groups excluding tert-OH is 1. The quantitative estimate of drug-likeness (QED) is 0.534. The van der Waals surface area contributed by atoms with Crippen molar-refractivity contribution in [2.75, 3.05) is 0 Å². The Balaban J connectivity index is 2.32. The third-order valence-corrected chi connectivity index (χ3v) is 3.41. The highest BCUT2D eigenvalue weighted by Crippen LogP contribution is 2.15. The van der Waals surface area contributed by atoms with Gasteiger partial charge >= 0.3 is 0 Å². The predicted molar refractivity (Wildman–Crippen MR) is 78.9 cm³/mol. The van der Waals surface area contributed by atoms with Crippen molar-refractivity contribution in [3.8, 4) is 0 Å². The topological polar surface area (TPSA) is 20.2 Å². The number of rotatable bonds is 8. The van der Waals surface area contributed by atoms with Crippen LogP contribution in [0.5, 0.6) is 0 Å². The van der Waals surface area contributed by atoms with Crippen LogP contribution < -0.4 is 0 Å². The van der Waals surface area contributed by atoms with Gasteiger partial charge in [-0.15, -0.1) is 6.58 Å². The molecule has 0 amide bonds. The molecule has 1 aromatic rings. The zero-order valence-corrected chi connectivity index (χ0v) is 11.8. The Morgan fingerprint density at radius 3 is 2.72 bits per heavy atom. The minimum Gasteiger partial charge on any atom is -0.393 e. The number of aryl methyl sites for hydroxylation is 2. The normalized spacial score (nSPS) is 12.4. The van der Waals surface area contributed by atoms with Gasteiger partial charge in [-0.05, 0) is 50.7 Å². The average molecular weight is 246 g/mol. The standard InChI is InChI=1S/C17H26O/c1-4-5-6-7-8-9-17(18)13-16-12-14(2)10-11-15(16)3/h4,10-12,17-18H,1,5-9,13H2,2-3H3. The van der Waals surface area contributed by atoms with Crippen LogP contribution in [-0.4, -0.2) is 11.2 Å². The Hall–Kier alpha value is -1.08. The van der Waals surface area contributed by atoms with E-state index < -0.39 is 0 Å². The molecule has 18 heavy (non-hydrogen) atoms. The van der Waals surface area contributed by atoms with E-state index in [0.717, 1.165) is 25.7 Å². The first kappa shape index (κ1) is 15.0. The zero-order valence-electron chi connectivity index (χ0n) is 11.8. The van der Waals surface area contributed by atoms with Crippen LogP contribution in [0.2, 0.25) is 0 Å². The van der Waals surface area contributed by atoms with Crippen molar-refractivity contribution >= 4 is 0 Å². The summed E-state index contributed by atoms with van der Waals surface area (Å²) in [5, 5.41) is 10.1. The molecule has 0 saturated heterocycles. The molecule has 1 rings (SSSR count). The molecule has 0 heterocycles. The molecular formula is C17H26O. The Labute approximate surface area is 112 Å². The van der Waals surface area contributed by atoms with Crippen molar-refractivity contribution < 1.29 is 5.11 Å². The molecule has 1 N–H and O–H groups in total. The summed E-state index contributed by atoms with van der Waals surface area (Å²) in [6, 6.07) is 6.46. The van der Waals surface area contributed by atoms with E-state index in [2.05, 4.69) is 38.6 Å². The molecule has 1 aromatic carbocycles. The summed E-state index contributed by atoms with van der Waals surface area (Å²) in [5.41, 5.74) is 3.84. The fraction of sp³-hybridized carbons (Fsp3) is 0.529. The van der Waals surface area contributed by atoms with Crippen molar-refractivity contribution in [3.05, 3.63) is 47.5 Å². The van der Waals surface area contributed by atoms with E-state index >= 15 is 0 Å². The van der Waals surface area contributed by atoms with E-state index in [1.165, 1.54) is 29.5 Å². The molecule has 1 atom stereocenters. The summed E-state index contributed by atoms with van der Waals surface area (Å²) in [5.74, 6) is 0. The number of aliphatic hydroxyl groups is 1. The van der Waals surface area contributed by atoms with E-state index in [4.69, 9.17) is 0 Å². The monoisotopic (exact) mass is 246 g/mol. The summed E-state index contributed by atoms with van der Waals surface area (Å²) in [4.78, 5) is 0. The first-order chi connectivity index (χ1) is 8.63. The van der Waals surface area contributed by atoms with Gasteiger partial charge in [0, 0.05) is 0 Å². The van der Waals surface area contributed by atoms with E-state index in [0.29, 0.717) is 0 Å². The highest BCUT2D eigenvalue weighted by atomic mass is 16.3. The SMILES string of the molecule is C=CCCCCCC(O)Cc1cc(C)ccc1C. The maximum Gasteiger partial charge on any atom is 0.0580 e. The lowest BCUT2D eigenvalue weighted by molar-refractivity contribution is 0.161. The van der Waals surface area contributed by atoms with Gasteiger partial charge in [0.25, 0.3) is 0 Å². The molecule has 0 saturated carbocycles. The van der Waals surface area contributed by atoms with E-state index in [-0.39, 0.29) is 6.10 Å². The number of hydrogen-bond donors (Lipinski definition) is 1. The molecule has 1 unspecified atom stereocenters. The molecule has 1 nitrogen and oxygen atoms in total. The van der Waals surface area contributed by atoms with Crippen molar-refractivity contribution in [3.63, 3.8) is 0 Å². The second-order valence-electron chi connectivity index (χ2n) is 5.21. The fourth-order valence-corrected chi connectivity index (χ4v) is 2.22. The Morgan fingerprint density at radius 2 is 2.00 bits per heavy atom. The molecule has 1 heteroatoms. The van der Waals surface area contributed by atoms with Gasteiger partial charge in [-0.25, -0.2) is 0 Å². The fourth-order valence-electron chi connectivity index (χ4n) is 2.22. The lowest BCUT2D eigenvalue weighted by Gasteiger charge is -2.13. The van der Waals surface area contributed by atoms with Crippen LogP contribution in [0.1, 0.15) is 48.8 Å². The van der Waals surface area contributed by atoms with Gasteiger partial charge in [-0.3, -0.25) is 0 Å². The molecule has 0 bridgehead atoms. The number of benzene rings is 1. The highest BCUT2D eigenvalue weighted by molar-refractivity contribution is 5.30. The summed E-state index contributed by atoms with van der Waals surface area (Å²) >= 11 is 0. The third kappa shape index (κ3) is 5.50. The smallest absolute Gasteiger partial charge is 0.0580 e. The van der Waals surface area contributed by atoms with Gasteiger partial charge in [-0.1, -0.05) is 42.7 Å². The Kier molecular flexibility index (Phi) is 6.74. The lowest BCUT2D eigenvalue weighted by atomic mass is 9.97. The van der Waals surface area contributed by atoms with Crippen molar-refractivity contribution in [1.82, 2.24) is 0 Å². The summed E-state index contributed by atoms with van der Waals surface area (Å²) in [6.45, 7) is 7.94. The van der Waals surface area contributed by atoms with Gasteiger partial charge in [0.1, 0.15) is 0 Å². The second-order valence-corrected chi connectivity index (χ2v) is 5.21. The van der Waals surface area contributed by atoms with Crippen LogP contribution in [0, 0.1) is 13.8 Å². The van der Waals surface area contributed by atoms with Crippen molar-refractivity contribution in [2.45, 2.75) is 58.5 Å². The molecule has 0 aliphatic heterocycles. The predicted octanol–water partition coefficient (Wildman–Crippen LogP) is 4.34. The Bertz CT molecular complexity index is 368. The van der Waals surface area contributed by atoms with Gasteiger partial charge in [0.05, 0.1) is 6.10 Å². The second kappa shape index (κ2) is 8.10. The highest BCUT2D eigenvalue weighted by Gasteiger charge is 2.07. The molecule has 0 radical (unpaired) electrons. The number of unbranched alkanes of at least 4 members (excludes halogenated alkanes) is 3. The molecule has 0 aliphatic rings. The average Bonchev–Trinajstić information content (AvgIpc) is 2.33.